The summed E-state index contributed by atoms with van der Waals surface area (Å²) in [5.41, 5.74) is 1.97. The Balaban J connectivity index is 0.00000300. The lowest BCUT2D eigenvalue weighted by molar-refractivity contribution is 0.0529. The van der Waals surface area contributed by atoms with E-state index in [1.807, 2.05) is 30.3 Å². The van der Waals surface area contributed by atoms with Crippen LogP contribution in [0.1, 0.15) is 18.1 Å². The smallest absolute Gasteiger partial charge is 0.193 e. The molecule has 2 aromatic rings. The van der Waals surface area contributed by atoms with Gasteiger partial charge in [-0.05, 0) is 36.2 Å². The highest BCUT2D eigenvalue weighted by Crippen LogP contribution is 2.15. The van der Waals surface area contributed by atoms with Gasteiger partial charge in [0.15, 0.2) is 5.96 Å². The summed E-state index contributed by atoms with van der Waals surface area (Å²) in [6.07, 6.45) is 2.12. The third kappa shape index (κ3) is 6.81. The minimum absolute atomic E-state index is 0. The van der Waals surface area contributed by atoms with Gasteiger partial charge in [-0.25, -0.2) is 9.37 Å². The van der Waals surface area contributed by atoms with Crippen LogP contribution in [0.5, 0.6) is 0 Å². The number of pyridine rings is 1. The van der Waals surface area contributed by atoms with Gasteiger partial charge in [-0.1, -0.05) is 18.2 Å². The molecule has 29 heavy (non-hydrogen) atoms. The molecule has 1 aliphatic heterocycles. The summed E-state index contributed by atoms with van der Waals surface area (Å²) in [4.78, 5) is 13.1. The van der Waals surface area contributed by atoms with E-state index >= 15 is 0 Å². The Morgan fingerprint density at radius 2 is 2.17 bits per heavy atom. The summed E-state index contributed by atoms with van der Waals surface area (Å²) in [5, 5.41) is 3.33. The van der Waals surface area contributed by atoms with Crippen LogP contribution in [0.4, 0.5) is 10.2 Å². The highest BCUT2D eigenvalue weighted by Gasteiger charge is 2.17. The van der Waals surface area contributed by atoms with Crippen LogP contribution in [0, 0.1) is 5.82 Å². The molecular formula is C21H29FIN5O. The van der Waals surface area contributed by atoms with Crippen molar-refractivity contribution in [2.75, 3.05) is 38.7 Å². The van der Waals surface area contributed by atoms with Crippen LogP contribution in [0.3, 0.4) is 0 Å². The lowest BCUT2D eigenvalue weighted by Crippen LogP contribution is -2.41. The first-order chi connectivity index (χ1) is 13.5. The van der Waals surface area contributed by atoms with Crippen molar-refractivity contribution >= 4 is 35.8 Å². The Morgan fingerprint density at radius 1 is 1.34 bits per heavy atom. The molecule has 0 radical (unpaired) electrons. The second-order valence-electron chi connectivity index (χ2n) is 7.04. The van der Waals surface area contributed by atoms with Gasteiger partial charge >= 0.3 is 0 Å². The van der Waals surface area contributed by atoms with Gasteiger partial charge in [0.1, 0.15) is 11.6 Å². The minimum atomic E-state index is -0.227. The van der Waals surface area contributed by atoms with Crippen molar-refractivity contribution in [3.8, 4) is 0 Å². The Morgan fingerprint density at radius 3 is 2.83 bits per heavy atom. The maximum absolute atomic E-state index is 13.4. The highest BCUT2D eigenvalue weighted by molar-refractivity contribution is 14.0. The van der Waals surface area contributed by atoms with E-state index in [-0.39, 0.29) is 35.9 Å². The van der Waals surface area contributed by atoms with Crippen LogP contribution in [0.2, 0.25) is 0 Å². The van der Waals surface area contributed by atoms with E-state index < -0.39 is 0 Å². The number of benzene rings is 1. The van der Waals surface area contributed by atoms with Crippen molar-refractivity contribution in [3.63, 3.8) is 0 Å². The van der Waals surface area contributed by atoms with Gasteiger partial charge < -0.3 is 19.9 Å². The molecule has 2 heterocycles. The number of hydrogen-bond donors (Lipinski definition) is 1. The first-order valence-corrected chi connectivity index (χ1v) is 9.53. The number of halogens is 2. The molecule has 1 atom stereocenters. The number of nitrogens with zero attached hydrogens (tertiary/aromatic N) is 4. The summed E-state index contributed by atoms with van der Waals surface area (Å²) in [7, 11) is 3.67. The van der Waals surface area contributed by atoms with Crippen molar-refractivity contribution in [1.82, 2.24) is 15.2 Å². The molecular weight excluding hydrogens is 484 g/mol. The Labute approximate surface area is 189 Å². The standard InChI is InChI=1S/C21H28FN5O.HI/c1-16-14-27(9-10-28-16)20-8-7-18(12-24-20)13-25-21(23-2)26(3)15-17-5-4-6-19(22)11-17;/h4-8,11-12,16H,9-10,13-15H2,1-3H3,(H,23,25);1H. The highest BCUT2D eigenvalue weighted by atomic mass is 127. The van der Waals surface area contributed by atoms with Gasteiger partial charge in [-0.2, -0.15) is 0 Å². The van der Waals surface area contributed by atoms with Gasteiger partial charge in [0.2, 0.25) is 0 Å². The molecule has 0 saturated carbocycles. The quantitative estimate of drug-likeness (QED) is 0.378. The lowest BCUT2D eigenvalue weighted by Gasteiger charge is -2.32. The Kier molecular flexibility index (Phi) is 9.09. The van der Waals surface area contributed by atoms with Crippen molar-refractivity contribution in [2.24, 2.45) is 4.99 Å². The third-order valence-corrected chi connectivity index (χ3v) is 4.71. The van der Waals surface area contributed by atoms with Crippen LogP contribution in [-0.4, -0.2) is 55.7 Å². The minimum Gasteiger partial charge on any atom is -0.375 e. The molecule has 0 bridgehead atoms. The van der Waals surface area contributed by atoms with Crippen molar-refractivity contribution < 1.29 is 9.13 Å². The van der Waals surface area contributed by atoms with E-state index in [9.17, 15) is 4.39 Å². The van der Waals surface area contributed by atoms with E-state index in [0.29, 0.717) is 13.1 Å². The molecule has 0 aliphatic carbocycles. The van der Waals surface area contributed by atoms with Crippen LogP contribution in [-0.2, 0) is 17.8 Å². The number of guanidine groups is 1. The number of aliphatic imine (C=N–C) groups is 1. The summed E-state index contributed by atoms with van der Waals surface area (Å²) in [6.45, 7) is 5.74. The Hall–Kier alpha value is -1.94. The average Bonchev–Trinajstić information content (AvgIpc) is 2.69. The number of aromatic nitrogens is 1. The number of nitrogens with one attached hydrogen (secondary N) is 1. The number of rotatable bonds is 5. The SMILES string of the molecule is CN=C(NCc1ccc(N2CCOC(C)C2)nc1)N(C)Cc1cccc(F)c1.I. The largest absolute Gasteiger partial charge is 0.375 e. The first-order valence-electron chi connectivity index (χ1n) is 9.53. The molecule has 1 unspecified atom stereocenters. The van der Waals surface area contributed by atoms with Crippen molar-refractivity contribution in [2.45, 2.75) is 26.1 Å². The lowest BCUT2D eigenvalue weighted by atomic mass is 10.2. The van der Waals surface area contributed by atoms with Gasteiger partial charge in [0.25, 0.3) is 0 Å². The molecule has 1 aliphatic rings. The van der Waals surface area contributed by atoms with Crippen LogP contribution in [0.25, 0.3) is 0 Å². The Bertz CT molecular complexity index is 802. The van der Waals surface area contributed by atoms with E-state index in [2.05, 4.69) is 33.2 Å². The zero-order valence-electron chi connectivity index (χ0n) is 17.1. The number of ether oxygens (including phenoxy) is 1. The molecule has 1 saturated heterocycles. The molecule has 158 valence electrons. The predicted molar refractivity (Wildman–Crippen MR) is 125 cm³/mol. The van der Waals surface area contributed by atoms with Crippen molar-refractivity contribution in [3.05, 3.63) is 59.5 Å². The van der Waals surface area contributed by atoms with Gasteiger partial charge in [0.05, 0.1) is 12.7 Å². The van der Waals surface area contributed by atoms with E-state index in [0.717, 1.165) is 42.6 Å². The molecule has 1 aromatic heterocycles. The molecule has 0 amide bonds. The molecule has 1 aromatic carbocycles. The normalized spacial score (nSPS) is 16.9. The fourth-order valence-corrected chi connectivity index (χ4v) is 3.28. The molecule has 8 heteroatoms. The number of anilines is 1. The van der Waals surface area contributed by atoms with E-state index in [1.165, 1.54) is 6.07 Å². The summed E-state index contributed by atoms with van der Waals surface area (Å²) in [5.74, 6) is 1.50. The predicted octanol–water partition coefficient (Wildman–Crippen LogP) is 3.27. The molecule has 6 nitrogen and oxygen atoms in total. The average molecular weight is 513 g/mol. The molecule has 3 rings (SSSR count). The molecule has 1 fully saturated rings. The second-order valence-corrected chi connectivity index (χ2v) is 7.04. The first kappa shape index (κ1) is 23.3. The van der Waals surface area contributed by atoms with Crippen LogP contribution >= 0.6 is 24.0 Å². The summed E-state index contributed by atoms with van der Waals surface area (Å²) >= 11 is 0. The zero-order chi connectivity index (χ0) is 19.9. The van der Waals surface area contributed by atoms with E-state index in [4.69, 9.17) is 4.74 Å². The number of morpholine rings is 1. The fourth-order valence-electron chi connectivity index (χ4n) is 3.28. The fraction of sp³-hybridized carbons (Fsp3) is 0.429. The van der Waals surface area contributed by atoms with Crippen LogP contribution < -0.4 is 10.2 Å². The zero-order valence-corrected chi connectivity index (χ0v) is 19.5. The monoisotopic (exact) mass is 513 g/mol. The summed E-state index contributed by atoms with van der Waals surface area (Å²) < 4.78 is 19.0. The molecule has 1 N–H and O–H groups in total. The van der Waals surface area contributed by atoms with Gasteiger partial charge in [-0.3, -0.25) is 4.99 Å². The molecule has 0 spiro atoms. The second kappa shape index (κ2) is 11.3. The summed E-state index contributed by atoms with van der Waals surface area (Å²) in [6, 6.07) is 10.7. The van der Waals surface area contributed by atoms with Gasteiger partial charge in [-0.15, -0.1) is 24.0 Å². The third-order valence-electron chi connectivity index (χ3n) is 4.71. The number of hydrogen-bond acceptors (Lipinski definition) is 4. The maximum Gasteiger partial charge on any atom is 0.193 e. The maximum atomic E-state index is 13.4. The van der Waals surface area contributed by atoms with Crippen molar-refractivity contribution in [1.29, 1.82) is 0 Å². The van der Waals surface area contributed by atoms with E-state index in [1.54, 1.807) is 19.2 Å². The van der Waals surface area contributed by atoms with Gasteiger partial charge in [0, 0.05) is 46.5 Å². The van der Waals surface area contributed by atoms with Crippen LogP contribution in [0.15, 0.2) is 47.6 Å². The topological polar surface area (TPSA) is 53.0 Å².